The van der Waals surface area contributed by atoms with Crippen molar-refractivity contribution in [2.45, 2.75) is 65.1 Å². The minimum absolute atomic E-state index is 0.132. The number of benzene rings is 1. The van der Waals surface area contributed by atoms with Gasteiger partial charge in [0.25, 0.3) is 5.56 Å². The summed E-state index contributed by atoms with van der Waals surface area (Å²) in [4.78, 5) is 38.9. The molecule has 2 N–H and O–H groups in total. The number of anilines is 4. The second-order valence-electron chi connectivity index (χ2n) is 12.4. The maximum Gasteiger partial charge on any atom is 0.253 e. The molecule has 2 aromatic heterocycles. The molecule has 1 saturated heterocycles. The van der Waals surface area contributed by atoms with Crippen molar-refractivity contribution in [2.75, 3.05) is 48.8 Å². The molecule has 1 amide bonds. The van der Waals surface area contributed by atoms with E-state index in [-0.39, 0.29) is 11.5 Å². The summed E-state index contributed by atoms with van der Waals surface area (Å²) >= 11 is 0. The first-order valence-electron chi connectivity index (χ1n) is 14.9. The minimum Gasteiger partial charge on any atom is -0.367 e. The summed E-state index contributed by atoms with van der Waals surface area (Å²) in [6.45, 7) is 18.9. The van der Waals surface area contributed by atoms with Crippen LogP contribution in [0.25, 0.3) is 11.0 Å². The topological polar surface area (TPSA) is 95.4 Å². The number of nitrogens with zero attached hydrogens (tertiary/aromatic N) is 5. The Bertz CT molecular complexity index is 1560. The predicted octanol–water partition coefficient (Wildman–Crippen LogP) is 5.35. The number of carbonyl (C=O) groups excluding carboxylic acids is 1. The molecule has 0 radical (unpaired) electrons. The van der Waals surface area contributed by atoms with Gasteiger partial charge in [0.15, 0.2) is 0 Å². The van der Waals surface area contributed by atoms with Gasteiger partial charge in [0.1, 0.15) is 13.7 Å². The van der Waals surface area contributed by atoms with E-state index in [0.717, 1.165) is 48.6 Å². The SMILES string of the molecule is CC(=O)Nc1cc(Nc2ncc3c(C#C[Si](C(C)C)(C(C)C)C(C)C)cc(=O)n(C)c3n2)ccc1N1CCN(C)CC1. The average Bonchev–Trinajstić information content (AvgIpc) is 2.91. The third kappa shape index (κ3) is 6.37. The number of hydrogen-bond acceptors (Lipinski definition) is 7. The molecule has 1 fully saturated rings. The van der Waals surface area contributed by atoms with Gasteiger partial charge < -0.3 is 20.4 Å². The van der Waals surface area contributed by atoms with Gasteiger partial charge in [-0.2, -0.15) is 4.98 Å². The third-order valence-electron chi connectivity index (χ3n) is 8.66. The number of carbonyl (C=O) groups is 1. The van der Waals surface area contributed by atoms with Crippen molar-refractivity contribution in [1.29, 1.82) is 0 Å². The fourth-order valence-electron chi connectivity index (χ4n) is 6.35. The molecule has 0 unspecified atom stereocenters. The largest absolute Gasteiger partial charge is 0.367 e. The average molecular weight is 588 g/mol. The predicted molar refractivity (Wildman–Crippen MR) is 176 cm³/mol. The zero-order valence-corrected chi connectivity index (χ0v) is 27.5. The van der Waals surface area contributed by atoms with E-state index in [1.165, 1.54) is 11.5 Å². The fraction of sp³-hybridized carbons (Fsp3) is 0.500. The van der Waals surface area contributed by atoms with Crippen molar-refractivity contribution in [2.24, 2.45) is 7.05 Å². The van der Waals surface area contributed by atoms with Gasteiger partial charge in [-0.25, -0.2) is 4.98 Å². The van der Waals surface area contributed by atoms with E-state index < -0.39 is 8.07 Å². The summed E-state index contributed by atoms with van der Waals surface area (Å²) in [6.07, 6.45) is 1.74. The lowest BCUT2D eigenvalue weighted by atomic mass is 10.2. The first-order chi connectivity index (χ1) is 19.8. The van der Waals surface area contributed by atoms with E-state index in [2.05, 4.69) is 85.5 Å². The molecule has 10 heteroatoms. The molecule has 9 nitrogen and oxygen atoms in total. The molecule has 0 saturated carbocycles. The molecule has 0 atom stereocenters. The summed E-state index contributed by atoms with van der Waals surface area (Å²) in [5.41, 5.74) is 8.66. The van der Waals surface area contributed by atoms with Crippen molar-refractivity contribution in [1.82, 2.24) is 19.4 Å². The third-order valence-corrected chi connectivity index (χ3v) is 15.0. The number of nitrogens with one attached hydrogen (secondary N) is 2. The normalized spacial score (nSPS) is 14.4. The number of amides is 1. The Kier molecular flexibility index (Phi) is 9.43. The van der Waals surface area contributed by atoms with Gasteiger partial charge in [-0.05, 0) is 41.9 Å². The summed E-state index contributed by atoms with van der Waals surface area (Å²) in [7, 11) is 1.85. The molecule has 0 bridgehead atoms. The number of likely N-dealkylation sites (N-methyl/N-ethyl adjacent to an activating group) is 1. The Morgan fingerprint density at radius 1 is 0.976 bits per heavy atom. The number of fused-ring (bicyclic) bond motifs is 1. The van der Waals surface area contributed by atoms with Gasteiger partial charge in [0.05, 0.1) is 16.8 Å². The summed E-state index contributed by atoms with van der Waals surface area (Å²) in [5.74, 6) is 3.65. The highest BCUT2D eigenvalue weighted by Crippen LogP contribution is 2.41. The van der Waals surface area contributed by atoms with Gasteiger partial charge in [0.2, 0.25) is 11.9 Å². The van der Waals surface area contributed by atoms with E-state index in [4.69, 9.17) is 4.98 Å². The van der Waals surface area contributed by atoms with Crippen LogP contribution in [0.3, 0.4) is 0 Å². The molecule has 42 heavy (non-hydrogen) atoms. The van der Waals surface area contributed by atoms with E-state index in [1.54, 1.807) is 19.3 Å². The van der Waals surface area contributed by atoms with Crippen LogP contribution in [0.15, 0.2) is 35.3 Å². The molecule has 1 aliphatic rings. The first kappa shape index (κ1) is 31.3. The molecule has 0 aliphatic carbocycles. The highest BCUT2D eigenvalue weighted by Gasteiger charge is 2.41. The van der Waals surface area contributed by atoms with Crippen LogP contribution in [0, 0.1) is 11.5 Å². The number of piperazine rings is 1. The van der Waals surface area contributed by atoms with E-state index in [9.17, 15) is 9.59 Å². The van der Waals surface area contributed by atoms with Gasteiger partial charge in [0, 0.05) is 63.7 Å². The summed E-state index contributed by atoms with van der Waals surface area (Å²) in [5, 5.41) is 7.00. The van der Waals surface area contributed by atoms with Crippen molar-refractivity contribution >= 4 is 48.0 Å². The van der Waals surface area contributed by atoms with Crippen molar-refractivity contribution in [3.05, 3.63) is 46.4 Å². The maximum absolute atomic E-state index is 13.0. The van der Waals surface area contributed by atoms with Crippen LogP contribution in [0.5, 0.6) is 0 Å². The maximum atomic E-state index is 13.0. The quantitative estimate of drug-likeness (QED) is 0.284. The number of rotatable bonds is 7. The van der Waals surface area contributed by atoms with Crippen LogP contribution < -0.4 is 21.1 Å². The number of aromatic nitrogens is 3. The lowest BCUT2D eigenvalue weighted by Gasteiger charge is -2.38. The Hall–Kier alpha value is -3.68. The van der Waals surface area contributed by atoms with E-state index >= 15 is 0 Å². The monoisotopic (exact) mass is 587 g/mol. The number of hydrogen-bond donors (Lipinski definition) is 2. The standard InChI is InChI=1S/C32H45N7O2Si/c1-21(2)42(22(3)4,23(5)6)17-12-25-18-30(41)38(9)31-27(25)20-33-32(36-31)35-26-10-11-29(28(19-26)34-24(7)40)39-15-13-37(8)14-16-39/h10-11,18-23H,13-16H2,1-9H3,(H,34,40)(H,33,35,36). The van der Waals surface area contributed by atoms with Gasteiger partial charge >= 0.3 is 0 Å². The summed E-state index contributed by atoms with van der Waals surface area (Å²) < 4.78 is 1.53. The van der Waals surface area contributed by atoms with Crippen molar-refractivity contribution in [3.8, 4) is 11.5 Å². The molecular weight excluding hydrogens is 542 g/mol. The molecule has 3 aromatic rings. The van der Waals surface area contributed by atoms with Crippen LogP contribution in [0.2, 0.25) is 16.6 Å². The lowest BCUT2D eigenvalue weighted by Crippen LogP contribution is -2.44. The van der Waals surface area contributed by atoms with Crippen LogP contribution in [0.4, 0.5) is 23.0 Å². The molecule has 3 heterocycles. The number of aryl methyl sites for hydroxylation is 1. The van der Waals surface area contributed by atoms with Gasteiger partial charge in [-0.3, -0.25) is 14.2 Å². The molecule has 224 valence electrons. The number of pyridine rings is 1. The second-order valence-corrected chi connectivity index (χ2v) is 17.9. The lowest BCUT2D eigenvalue weighted by molar-refractivity contribution is -0.114. The molecule has 0 spiro atoms. The Morgan fingerprint density at radius 3 is 2.21 bits per heavy atom. The van der Waals surface area contributed by atoms with E-state index in [1.807, 2.05) is 18.2 Å². The fourth-order valence-corrected chi connectivity index (χ4v) is 11.6. The smallest absolute Gasteiger partial charge is 0.253 e. The van der Waals surface area contributed by atoms with Crippen LogP contribution >= 0.6 is 0 Å². The Labute approximate surface area is 250 Å². The van der Waals surface area contributed by atoms with Crippen LogP contribution in [-0.2, 0) is 11.8 Å². The Morgan fingerprint density at radius 2 is 1.62 bits per heavy atom. The van der Waals surface area contributed by atoms with Crippen LogP contribution in [0.1, 0.15) is 54.0 Å². The highest BCUT2D eigenvalue weighted by molar-refractivity contribution is 6.90. The first-order valence-corrected chi connectivity index (χ1v) is 17.1. The zero-order valence-electron chi connectivity index (χ0n) is 26.5. The van der Waals surface area contributed by atoms with Crippen LogP contribution in [-0.4, -0.2) is 66.6 Å². The Balaban J connectivity index is 1.71. The summed E-state index contributed by atoms with van der Waals surface area (Å²) in [6, 6.07) is 7.47. The van der Waals surface area contributed by atoms with Crippen molar-refractivity contribution < 1.29 is 4.79 Å². The molecule has 1 aromatic carbocycles. The molecule has 1 aliphatic heterocycles. The minimum atomic E-state index is -1.99. The zero-order chi connectivity index (χ0) is 30.8. The molecule has 4 rings (SSSR count). The van der Waals surface area contributed by atoms with Gasteiger partial charge in [-0.15, -0.1) is 5.54 Å². The van der Waals surface area contributed by atoms with Crippen molar-refractivity contribution in [3.63, 3.8) is 0 Å². The van der Waals surface area contributed by atoms with E-state index in [0.29, 0.717) is 33.8 Å². The molecular formula is C32H45N7O2Si. The highest BCUT2D eigenvalue weighted by atomic mass is 28.3. The second kappa shape index (κ2) is 12.7. The van der Waals surface area contributed by atoms with Gasteiger partial charge in [-0.1, -0.05) is 47.5 Å².